The third-order valence-electron chi connectivity index (χ3n) is 11.2. The summed E-state index contributed by atoms with van der Waals surface area (Å²) in [6.07, 6.45) is 0. The summed E-state index contributed by atoms with van der Waals surface area (Å²) < 4.78 is 13.8. The fraction of sp³-hybridized carbons (Fsp3) is 0.0182. The minimum absolute atomic E-state index is 0.499. The van der Waals surface area contributed by atoms with E-state index in [1.54, 1.807) is 0 Å². The molecule has 0 aliphatic rings. The first-order chi connectivity index (χ1) is 28.2. The molecule has 0 bridgehead atoms. The Morgan fingerprint density at radius 2 is 0.772 bits per heavy atom. The molecule has 57 heavy (non-hydrogen) atoms. The Morgan fingerprint density at radius 1 is 0.316 bits per heavy atom. The summed E-state index contributed by atoms with van der Waals surface area (Å²) in [5.74, 6) is 0. The number of anilines is 3. The molecule has 270 valence electrons. The van der Waals surface area contributed by atoms with Crippen molar-refractivity contribution in [3.05, 3.63) is 224 Å². The summed E-state index contributed by atoms with van der Waals surface area (Å²) in [6, 6.07) is 77.6. The van der Waals surface area contributed by atoms with Gasteiger partial charge in [-0.1, -0.05) is 176 Å². The number of halogens is 1. The summed E-state index contributed by atoms with van der Waals surface area (Å²) in [4.78, 5) is 2.28. The predicted octanol–water partition coefficient (Wildman–Crippen LogP) is 15.8. The molecule has 0 radical (unpaired) electrons. The van der Waals surface area contributed by atoms with Crippen molar-refractivity contribution in [3.8, 4) is 44.5 Å². The van der Waals surface area contributed by atoms with Gasteiger partial charge < -0.3 is 4.90 Å². The number of benzene rings is 10. The molecule has 0 amide bonds. The van der Waals surface area contributed by atoms with Gasteiger partial charge in [0.1, 0.15) is 6.67 Å². The van der Waals surface area contributed by atoms with E-state index in [-0.39, 0.29) is 0 Å². The SMILES string of the molecule is FCc1ccc(N(c2ccc(-c3ccccc3)cc2)c2ccc3c(c2)c2ccccc2c2c(-c4ccccc4)cc(-c4ccccc4)c(-c4ccccc4)c32)cc1. The number of fused-ring (bicyclic) bond motifs is 6. The number of alkyl halides is 1. The van der Waals surface area contributed by atoms with Crippen LogP contribution in [0.1, 0.15) is 5.56 Å². The van der Waals surface area contributed by atoms with Crippen LogP contribution < -0.4 is 4.90 Å². The van der Waals surface area contributed by atoms with Crippen LogP contribution in [-0.4, -0.2) is 0 Å². The lowest BCUT2D eigenvalue weighted by atomic mass is 9.81. The van der Waals surface area contributed by atoms with Crippen molar-refractivity contribution in [3.63, 3.8) is 0 Å². The molecule has 0 aromatic heterocycles. The quantitative estimate of drug-likeness (QED) is 0.141. The Morgan fingerprint density at radius 3 is 1.37 bits per heavy atom. The van der Waals surface area contributed by atoms with E-state index in [0.29, 0.717) is 5.56 Å². The van der Waals surface area contributed by atoms with Crippen LogP contribution in [0, 0.1) is 0 Å². The van der Waals surface area contributed by atoms with Gasteiger partial charge in [0.05, 0.1) is 0 Å². The molecule has 2 heteroatoms. The molecule has 0 saturated carbocycles. The van der Waals surface area contributed by atoms with E-state index in [1.807, 2.05) is 30.3 Å². The molecule has 0 atom stereocenters. The summed E-state index contributed by atoms with van der Waals surface area (Å²) >= 11 is 0. The molecule has 10 rings (SSSR count). The maximum Gasteiger partial charge on any atom is 0.115 e. The zero-order valence-electron chi connectivity index (χ0n) is 31.3. The van der Waals surface area contributed by atoms with Crippen LogP contribution >= 0.6 is 0 Å². The van der Waals surface area contributed by atoms with Crippen LogP contribution in [0.3, 0.4) is 0 Å². The third-order valence-corrected chi connectivity index (χ3v) is 11.2. The Balaban J connectivity index is 1.30. The number of nitrogens with zero attached hydrogens (tertiary/aromatic N) is 1. The molecular weight excluding hydrogens is 694 g/mol. The van der Waals surface area contributed by atoms with E-state index in [0.717, 1.165) is 22.6 Å². The summed E-state index contributed by atoms with van der Waals surface area (Å²) in [6.45, 7) is -0.499. The van der Waals surface area contributed by atoms with Crippen molar-refractivity contribution in [2.75, 3.05) is 4.90 Å². The minimum atomic E-state index is -0.499. The largest absolute Gasteiger partial charge is 0.310 e. The van der Waals surface area contributed by atoms with Gasteiger partial charge in [0.15, 0.2) is 0 Å². The number of hydrogen-bond donors (Lipinski definition) is 0. The highest BCUT2D eigenvalue weighted by Crippen LogP contribution is 2.50. The van der Waals surface area contributed by atoms with Crippen LogP contribution in [0.5, 0.6) is 0 Å². The zero-order chi connectivity index (χ0) is 38.1. The van der Waals surface area contributed by atoms with Crippen LogP contribution in [0.4, 0.5) is 21.5 Å². The van der Waals surface area contributed by atoms with Crippen LogP contribution in [0.25, 0.3) is 76.8 Å². The van der Waals surface area contributed by atoms with E-state index >= 15 is 0 Å². The molecule has 0 spiro atoms. The molecular formula is C55H38FN. The summed E-state index contributed by atoms with van der Waals surface area (Å²) in [5, 5.41) is 7.23. The molecule has 10 aromatic rings. The zero-order valence-corrected chi connectivity index (χ0v) is 31.3. The molecule has 0 N–H and O–H groups in total. The monoisotopic (exact) mass is 731 g/mol. The maximum atomic E-state index is 13.8. The highest BCUT2D eigenvalue weighted by Gasteiger charge is 2.23. The van der Waals surface area contributed by atoms with E-state index in [2.05, 4.69) is 193 Å². The summed E-state index contributed by atoms with van der Waals surface area (Å²) in [5.41, 5.74) is 13.2. The second-order valence-corrected chi connectivity index (χ2v) is 14.5. The highest BCUT2D eigenvalue weighted by atomic mass is 19.1. The molecule has 1 nitrogen and oxygen atoms in total. The van der Waals surface area contributed by atoms with E-state index < -0.39 is 6.67 Å². The van der Waals surface area contributed by atoms with Gasteiger partial charge in [-0.25, -0.2) is 4.39 Å². The third kappa shape index (κ3) is 6.22. The Bertz CT molecular complexity index is 3000. The van der Waals surface area contributed by atoms with Gasteiger partial charge in [0.2, 0.25) is 0 Å². The predicted molar refractivity (Wildman–Crippen MR) is 240 cm³/mol. The lowest BCUT2D eigenvalue weighted by Gasteiger charge is -2.27. The van der Waals surface area contributed by atoms with Gasteiger partial charge in [-0.2, -0.15) is 0 Å². The van der Waals surface area contributed by atoms with Gasteiger partial charge in [0.25, 0.3) is 0 Å². The van der Waals surface area contributed by atoms with Crippen molar-refractivity contribution in [1.82, 2.24) is 0 Å². The van der Waals surface area contributed by atoms with Gasteiger partial charge in [0, 0.05) is 17.1 Å². The van der Waals surface area contributed by atoms with Crippen LogP contribution in [0.2, 0.25) is 0 Å². The fourth-order valence-electron chi connectivity index (χ4n) is 8.49. The van der Waals surface area contributed by atoms with Gasteiger partial charge >= 0.3 is 0 Å². The highest BCUT2D eigenvalue weighted by molar-refractivity contribution is 6.33. The van der Waals surface area contributed by atoms with E-state index in [4.69, 9.17) is 0 Å². The molecule has 10 aromatic carbocycles. The van der Waals surface area contributed by atoms with Crippen molar-refractivity contribution < 1.29 is 4.39 Å². The lowest BCUT2D eigenvalue weighted by molar-refractivity contribution is 0.485. The molecule has 0 unspecified atom stereocenters. The maximum absolute atomic E-state index is 13.8. The molecule has 0 fully saturated rings. The van der Waals surface area contributed by atoms with Crippen LogP contribution in [0.15, 0.2) is 218 Å². The van der Waals surface area contributed by atoms with Gasteiger partial charge in [-0.05, 0) is 125 Å². The fourth-order valence-corrected chi connectivity index (χ4v) is 8.49. The average Bonchev–Trinajstić information content (AvgIpc) is 3.30. The second-order valence-electron chi connectivity index (χ2n) is 14.5. The molecule has 0 heterocycles. The Labute approximate surface area is 332 Å². The topological polar surface area (TPSA) is 3.24 Å². The normalized spacial score (nSPS) is 11.3. The van der Waals surface area contributed by atoms with Gasteiger partial charge in [-0.3, -0.25) is 0 Å². The van der Waals surface area contributed by atoms with Crippen LogP contribution in [-0.2, 0) is 6.67 Å². The van der Waals surface area contributed by atoms with Crippen molar-refractivity contribution in [1.29, 1.82) is 0 Å². The molecule has 0 aliphatic heterocycles. The lowest BCUT2D eigenvalue weighted by Crippen LogP contribution is -2.10. The first-order valence-corrected chi connectivity index (χ1v) is 19.5. The second kappa shape index (κ2) is 14.7. The van der Waals surface area contributed by atoms with Crippen molar-refractivity contribution in [2.24, 2.45) is 0 Å². The van der Waals surface area contributed by atoms with E-state index in [1.165, 1.54) is 71.3 Å². The molecule has 0 saturated heterocycles. The molecule has 0 aliphatic carbocycles. The first kappa shape index (κ1) is 34.2. The number of rotatable bonds is 8. The average molecular weight is 732 g/mol. The van der Waals surface area contributed by atoms with Gasteiger partial charge in [-0.15, -0.1) is 0 Å². The first-order valence-electron chi connectivity index (χ1n) is 19.5. The standard InChI is InChI=1S/C55H38FN/c56-37-38-25-29-44(30-26-38)57(45-31-27-40(28-32-45)39-15-5-1-6-16-39)46-33-34-49-52(35-46)47-23-13-14-24-48(47)54-51(42-19-9-3-10-20-42)36-50(41-17-7-2-8-18-41)53(55(49)54)43-21-11-4-12-22-43/h1-36H,37H2. The number of hydrogen-bond acceptors (Lipinski definition) is 1. The Kier molecular flexibility index (Phi) is 8.85. The van der Waals surface area contributed by atoms with Crippen molar-refractivity contribution in [2.45, 2.75) is 6.67 Å². The smallest absolute Gasteiger partial charge is 0.115 e. The summed E-state index contributed by atoms with van der Waals surface area (Å²) in [7, 11) is 0. The Hall–Kier alpha value is -7.29. The van der Waals surface area contributed by atoms with Crippen molar-refractivity contribution >= 4 is 49.4 Å². The van der Waals surface area contributed by atoms with E-state index in [9.17, 15) is 4.39 Å². The minimum Gasteiger partial charge on any atom is -0.310 e.